The minimum Gasteiger partial charge on any atom is -0.464 e. The largest absolute Gasteiger partial charge is 0.464 e. The second-order valence-electron chi connectivity index (χ2n) is 4.82. The average Bonchev–Trinajstić information content (AvgIpc) is 2.55. The van der Waals surface area contributed by atoms with E-state index in [1.807, 2.05) is 33.2 Å². The van der Waals surface area contributed by atoms with E-state index in [1.54, 1.807) is 4.57 Å². The first-order chi connectivity index (χ1) is 7.33. The highest BCUT2D eigenvalue weighted by Gasteiger charge is 2.14. The molecule has 0 aliphatic heterocycles. The van der Waals surface area contributed by atoms with Crippen LogP contribution < -0.4 is 5.73 Å². The van der Waals surface area contributed by atoms with E-state index >= 15 is 0 Å². The Bertz CT molecular complexity index is 375. The van der Waals surface area contributed by atoms with Crippen molar-refractivity contribution in [1.82, 2.24) is 4.57 Å². The molecule has 0 spiro atoms. The highest BCUT2D eigenvalue weighted by Crippen LogP contribution is 2.14. The zero-order valence-electron chi connectivity index (χ0n) is 10.4. The van der Waals surface area contributed by atoms with Gasteiger partial charge in [0.2, 0.25) is 0 Å². The lowest BCUT2D eigenvalue weighted by Crippen LogP contribution is -2.32. The molecule has 1 aromatic heterocycles. The maximum atomic E-state index is 11.4. The van der Waals surface area contributed by atoms with Crippen LogP contribution in [0.25, 0.3) is 0 Å². The van der Waals surface area contributed by atoms with Gasteiger partial charge in [-0.05, 0) is 38.3 Å². The fourth-order valence-corrected chi connectivity index (χ4v) is 1.54. The fraction of sp³-hybridized carbons (Fsp3) is 0.583. The monoisotopic (exact) mass is 224 g/mol. The molecule has 4 heteroatoms. The number of carbonyl (C=O) groups is 1. The summed E-state index contributed by atoms with van der Waals surface area (Å²) in [6.07, 6.45) is 3.70. The smallest absolute Gasteiger partial charge is 0.354 e. The summed E-state index contributed by atoms with van der Waals surface area (Å²) in [6.45, 7) is 3.99. The standard InChI is InChI=1S/C12H20N2O2/c1-12(2,13)6-5-9-7-10(11(15)16-4)14(3)8-9/h7-8H,5-6,13H2,1-4H3. The Morgan fingerprint density at radius 1 is 1.56 bits per heavy atom. The predicted octanol–water partition coefficient (Wildman–Crippen LogP) is 1.48. The summed E-state index contributed by atoms with van der Waals surface area (Å²) < 4.78 is 6.47. The molecule has 0 aromatic carbocycles. The number of hydrogen-bond acceptors (Lipinski definition) is 3. The number of hydrogen-bond donors (Lipinski definition) is 1. The lowest BCUT2D eigenvalue weighted by molar-refractivity contribution is 0.0590. The molecule has 0 aliphatic rings. The molecule has 90 valence electrons. The molecule has 0 unspecified atom stereocenters. The Labute approximate surface area is 96.4 Å². The number of carbonyl (C=O) groups excluding carboxylic acids is 1. The Morgan fingerprint density at radius 2 is 2.19 bits per heavy atom. The molecular formula is C12H20N2O2. The first-order valence-electron chi connectivity index (χ1n) is 5.36. The topological polar surface area (TPSA) is 57.2 Å². The summed E-state index contributed by atoms with van der Waals surface area (Å²) in [5, 5.41) is 0. The second kappa shape index (κ2) is 4.70. The van der Waals surface area contributed by atoms with Crippen LogP contribution in [0, 0.1) is 0 Å². The first-order valence-corrected chi connectivity index (χ1v) is 5.36. The van der Waals surface area contributed by atoms with E-state index in [0.29, 0.717) is 5.69 Å². The van der Waals surface area contributed by atoms with Gasteiger partial charge in [-0.15, -0.1) is 0 Å². The van der Waals surface area contributed by atoms with Crippen LogP contribution in [0.5, 0.6) is 0 Å². The number of esters is 1. The summed E-state index contributed by atoms with van der Waals surface area (Å²) in [5.41, 5.74) is 7.43. The van der Waals surface area contributed by atoms with Crippen molar-refractivity contribution in [3.05, 3.63) is 23.5 Å². The molecule has 0 atom stereocenters. The van der Waals surface area contributed by atoms with Crippen LogP contribution in [-0.4, -0.2) is 23.2 Å². The van der Waals surface area contributed by atoms with E-state index in [9.17, 15) is 4.79 Å². The van der Waals surface area contributed by atoms with Crippen LogP contribution in [0.3, 0.4) is 0 Å². The maximum absolute atomic E-state index is 11.4. The normalized spacial score (nSPS) is 11.6. The minimum absolute atomic E-state index is 0.179. The van der Waals surface area contributed by atoms with E-state index in [0.717, 1.165) is 18.4 Å². The molecule has 1 rings (SSSR count). The van der Waals surface area contributed by atoms with Crippen LogP contribution in [0.2, 0.25) is 0 Å². The van der Waals surface area contributed by atoms with Gasteiger partial charge in [0.1, 0.15) is 5.69 Å². The van der Waals surface area contributed by atoms with Crippen molar-refractivity contribution in [2.24, 2.45) is 12.8 Å². The molecule has 0 radical (unpaired) electrons. The summed E-state index contributed by atoms with van der Waals surface area (Å²) >= 11 is 0. The number of rotatable bonds is 4. The van der Waals surface area contributed by atoms with Crippen molar-refractivity contribution in [3.8, 4) is 0 Å². The molecule has 1 aromatic rings. The van der Waals surface area contributed by atoms with Crippen LogP contribution in [-0.2, 0) is 18.2 Å². The molecule has 0 aliphatic carbocycles. The predicted molar refractivity (Wildman–Crippen MR) is 63.3 cm³/mol. The minimum atomic E-state index is -0.305. The van der Waals surface area contributed by atoms with Gasteiger partial charge in [-0.1, -0.05) is 0 Å². The third-order valence-corrected chi connectivity index (χ3v) is 2.51. The average molecular weight is 224 g/mol. The van der Waals surface area contributed by atoms with Gasteiger partial charge in [-0.25, -0.2) is 4.79 Å². The Balaban J connectivity index is 2.74. The Hall–Kier alpha value is -1.29. The number of methoxy groups -OCH3 is 1. The molecule has 0 saturated heterocycles. The summed E-state index contributed by atoms with van der Waals surface area (Å²) in [7, 11) is 3.22. The van der Waals surface area contributed by atoms with Crippen molar-refractivity contribution in [2.45, 2.75) is 32.2 Å². The van der Waals surface area contributed by atoms with Gasteiger partial charge < -0.3 is 15.0 Å². The zero-order chi connectivity index (χ0) is 12.3. The van der Waals surface area contributed by atoms with Crippen molar-refractivity contribution >= 4 is 5.97 Å². The molecule has 0 saturated carbocycles. The number of aromatic nitrogens is 1. The molecule has 1 heterocycles. The molecule has 0 amide bonds. The summed E-state index contributed by atoms with van der Waals surface area (Å²) in [4.78, 5) is 11.4. The first kappa shape index (κ1) is 12.8. The quantitative estimate of drug-likeness (QED) is 0.788. The van der Waals surface area contributed by atoms with E-state index in [4.69, 9.17) is 10.5 Å². The van der Waals surface area contributed by atoms with Crippen LogP contribution >= 0.6 is 0 Å². The van der Waals surface area contributed by atoms with E-state index in [1.165, 1.54) is 7.11 Å². The highest BCUT2D eigenvalue weighted by atomic mass is 16.5. The number of ether oxygens (including phenoxy) is 1. The van der Waals surface area contributed by atoms with Gasteiger partial charge >= 0.3 is 5.97 Å². The molecule has 0 fully saturated rings. The molecule has 2 N–H and O–H groups in total. The fourth-order valence-electron chi connectivity index (χ4n) is 1.54. The van der Waals surface area contributed by atoms with Gasteiger partial charge in [-0.3, -0.25) is 0 Å². The second-order valence-corrected chi connectivity index (χ2v) is 4.82. The molecule has 4 nitrogen and oxygen atoms in total. The van der Waals surface area contributed by atoms with Crippen molar-refractivity contribution < 1.29 is 9.53 Å². The van der Waals surface area contributed by atoms with Crippen LogP contribution in [0.1, 0.15) is 36.3 Å². The maximum Gasteiger partial charge on any atom is 0.354 e. The van der Waals surface area contributed by atoms with Crippen molar-refractivity contribution in [3.63, 3.8) is 0 Å². The van der Waals surface area contributed by atoms with Gasteiger partial charge in [0.05, 0.1) is 7.11 Å². The molecular weight excluding hydrogens is 204 g/mol. The lowest BCUT2D eigenvalue weighted by Gasteiger charge is -2.17. The van der Waals surface area contributed by atoms with Gasteiger partial charge in [0.15, 0.2) is 0 Å². The summed E-state index contributed by atoms with van der Waals surface area (Å²) in [5.74, 6) is -0.305. The molecule has 16 heavy (non-hydrogen) atoms. The SMILES string of the molecule is COC(=O)c1cc(CCC(C)(C)N)cn1C. The lowest BCUT2D eigenvalue weighted by atomic mass is 9.98. The van der Waals surface area contributed by atoms with E-state index in [2.05, 4.69) is 0 Å². The highest BCUT2D eigenvalue weighted by molar-refractivity contribution is 5.87. The Morgan fingerprint density at radius 3 is 2.69 bits per heavy atom. The third-order valence-electron chi connectivity index (χ3n) is 2.51. The van der Waals surface area contributed by atoms with Gasteiger partial charge in [-0.2, -0.15) is 0 Å². The van der Waals surface area contributed by atoms with Crippen LogP contribution in [0.15, 0.2) is 12.3 Å². The van der Waals surface area contributed by atoms with E-state index in [-0.39, 0.29) is 11.5 Å². The van der Waals surface area contributed by atoms with Crippen molar-refractivity contribution in [1.29, 1.82) is 0 Å². The third kappa shape index (κ3) is 3.38. The van der Waals surface area contributed by atoms with Crippen LogP contribution in [0.4, 0.5) is 0 Å². The molecule has 0 bridgehead atoms. The number of nitrogens with zero attached hydrogens (tertiary/aromatic N) is 1. The zero-order valence-corrected chi connectivity index (χ0v) is 10.4. The van der Waals surface area contributed by atoms with Crippen molar-refractivity contribution in [2.75, 3.05) is 7.11 Å². The number of aryl methyl sites for hydroxylation is 2. The summed E-state index contributed by atoms with van der Waals surface area (Å²) in [6, 6.07) is 1.86. The Kier molecular flexibility index (Phi) is 3.75. The van der Waals surface area contributed by atoms with Gasteiger partial charge in [0.25, 0.3) is 0 Å². The number of nitrogens with two attached hydrogens (primary N) is 1. The van der Waals surface area contributed by atoms with E-state index < -0.39 is 0 Å². The van der Waals surface area contributed by atoms with Gasteiger partial charge in [0, 0.05) is 18.8 Å².